The van der Waals surface area contributed by atoms with Crippen LogP contribution in [0.25, 0.3) is 0 Å². The summed E-state index contributed by atoms with van der Waals surface area (Å²) in [5.74, 6) is -1.57. The van der Waals surface area contributed by atoms with E-state index in [1.165, 1.54) is 11.9 Å². The van der Waals surface area contributed by atoms with Crippen LogP contribution in [0.4, 0.5) is 11.4 Å². The van der Waals surface area contributed by atoms with Gasteiger partial charge in [0.15, 0.2) is 0 Å². The molecule has 148 valence electrons. The molecular weight excluding hydrogens is 352 g/mol. The molecule has 2 amide bonds. The molecule has 0 aliphatic carbocycles. The molecule has 2 rings (SSSR count). The van der Waals surface area contributed by atoms with Gasteiger partial charge in [0.2, 0.25) is 0 Å². The van der Waals surface area contributed by atoms with Crippen LogP contribution in [0.2, 0.25) is 0 Å². The van der Waals surface area contributed by atoms with Crippen LogP contribution < -0.4 is 15.6 Å². The van der Waals surface area contributed by atoms with Crippen molar-refractivity contribution in [2.45, 2.75) is 33.6 Å². The molecule has 2 aromatic carbocycles. The third-order valence-electron chi connectivity index (χ3n) is 4.14. The normalized spacial score (nSPS) is 10.7. The van der Waals surface area contributed by atoms with Crippen molar-refractivity contribution in [1.29, 1.82) is 0 Å². The van der Waals surface area contributed by atoms with Crippen molar-refractivity contribution in [2.75, 3.05) is 23.3 Å². The molecule has 0 aromatic heterocycles. The maximum absolute atomic E-state index is 11.9. The third-order valence-corrected chi connectivity index (χ3v) is 4.14. The Hall–Kier alpha value is -3.15. The number of aryl methyl sites for hydroxylation is 1. The van der Waals surface area contributed by atoms with Crippen LogP contribution in [-0.2, 0) is 9.59 Å². The van der Waals surface area contributed by atoms with Gasteiger partial charge < -0.3 is 10.2 Å². The molecular formula is C22H28N4O2. The van der Waals surface area contributed by atoms with E-state index in [0.717, 1.165) is 37.1 Å². The highest BCUT2D eigenvalue weighted by Crippen LogP contribution is 2.15. The van der Waals surface area contributed by atoms with Gasteiger partial charge in [-0.1, -0.05) is 43.7 Å². The number of hydrazone groups is 1. The summed E-state index contributed by atoms with van der Waals surface area (Å²) in [7, 11) is 0. The Kier molecular flexibility index (Phi) is 8.21. The highest BCUT2D eigenvalue weighted by atomic mass is 16.2. The zero-order chi connectivity index (χ0) is 20.4. The maximum atomic E-state index is 11.9. The molecule has 0 aliphatic rings. The largest absolute Gasteiger partial charge is 0.372 e. The number of anilines is 2. The highest BCUT2D eigenvalue weighted by Gasteiger charge is 2.12. The predicted octanol–water partition coefficient (Wildman–Crippen LogP) is 3.71. The standard InChI is InChI=1S/C22H28N4O2/c1-4-14-26(15-5-2)20-12-8-18(9-13-20)16-23-25-22(28)21(27)24-19-10-6-17(3)7-11-19/h6-13,16H,4-5,14-15H2,1-3H3,(H,24,27)(H,25,28)/b23-16-. The number of rotatable bonds is 8. The molecule has 0 fully saturated rings. The van der Waals surface area contributed by atoms with Crippen molar-refractivity contribution in [3.8, 4) is 0 Å². The molecule has 0 unspecified atom stereocenters. The molecule has 2 N–H and O–H groups in total. The molecule has 0 radical (unpaired) electrons. The van der Waals surface area contributed by atoms with E-state index >= 15 is 0 Å². The van der Waals surface area contributed by atoms with Crippen LogP contribution in [0.15, 0.2) is 53.6 Å². The van der Waals surface area contributed by atoms with Gasteiger partial charge in [0.1, 0.15) is 0 Å². The third kappa shape index (κ3) is 6.54. The van der Waals surface area contributed by atoms with Crippen molar-refractivity contribution in [1.82, 2.24) is 5.43 Å². The van der Waals surface area contributed by atoms with E-state index in [0.29, 0.717) is 5.69 Å². The summed E-state index contributed by atoms with van der Waals surface area (Å²) in [6.45, 7) is 8.33. The molecule has 0 bridgehead atoms. The van der Waals surface area contributed by atoms with Crippen molar-refractivity contribution >= 4 is 29.4 Å². The van der Waals surface area contributed by atoms with Gasteiger partial charge in [-0.3, -0.25) is 9.59 Å². The first-order valence-corrected chi connectivity index (χ1v) is 9.59. The number of nitrogens with zero attached hydrogens (tertiary/aromatic N) is 2. The van der Waals surface area contributed by atoms with Gasteiger partial charge in [-0.05, 0) is 49.6 Å². The summed E-state index contributed by atoms with van der Waals surface area (Å²) in [6, 6.07) is 15.2. The van der Waals surface area contributed by atoms with E-state index in [-0.39, 0.29) is 0 Å². The molecule has 0 aliphatic heterocycles. The minimum Gasteiger partial charge on any atom is -0.372 e. The lowest BCUT2D eigenvalue weighted by Crippen LogP contribution is -2.32. The van der Waals surface area contributed by atoms with E-state index in [1.54, 1.807) is 12.1 Å². The molecule has 0 saturated heterocycles. The van der Waals surface area contributed by atoms with Crippen LogP contribution in [0.3, 0.4) is 0 Å². The lowest BCUT2D eigenvalue weighted by Gasteiger charge is -2.23. The average Bonchev–Trinajstić information content (AvgIpc) is 2.70. The second-order valence-corrected chi connectivity index (χ2v) is 6.60. The first-order chi connectivity index (χ1) is 13.5. The van der Waals surface area contributed by atoms with E-state index < -0.39 is 11.8 Å². The first kappa shape index (κ1) is 21.2. The molecule has 0 heterocycles. The average molecular weight is 380 g/mol. The maximum Gasteiger partial charge on any atom is 0.329 e. The summed E-state index contributed by atoms with van der Waals surface area (Å²) in [5.41, 5.74) is 5.90. The van der Waals surface area contributed by atoms with Crippen molar-refractivity contribution in [3.63, 3.8) is 0 Å². The topological polar surface area (TPSA) is 73.8 Å². The Morgan fingerprint density at radius 1 is 0.929 bits per heavy atom. The van der Waals surface area contributed by atoms with Crippen LogP contribution in [0, 0.1) is 6.92 Å². The van der Waals surface area contributed by atoms with Crippen LogP contribution in [0.1, 0.15) is 37.8 Å². The van der Waals surface area contributed by atoms with Crippen LogP contribution >= 0.6 is 0 Å². The molecule has 0 saturated carbocycles. The molecule has 0 atom stereocenters. The number of carbonyl (C=O) groups excluding carboxylic acids is 2. The number of hydrogen-bond donors (Lipinski definition) is 2. The van der Waals surface area contributed by atoms with Crippen LogP contribution in [0.5, 0.6) is 0 Å². The highest BCUT2D eigenvalue weighted by molar-refractivity contribution is 6.39. The Bertz CT molecular complexity index is 792. The molecule has 6 heteroatoms. The predicted molar refractivity (Wildman–Crippen MR) is 115 cm³/mol. The quantitative estimate of drug-likeness (QED) is 0.416. The van der Waals surface area contributed by atoms with E-state index in [9.17, 15) is 9.59 Å². The second-order valence-electron chi connectivity index (χ2n) is 6.60. The van der Waals surface area contributed by atoms with Gasteiger partial charge in [-0.15, -0.1) is 0 Å². The fourth-order valence-electron chi connectivity index (χ4n) is 2.72. The Labute approximate surface area is 166 Å². The summed E-state index contributed by atoms with van der Waals surface area (Å²) >= 11 is 0. The molecule has 0 spiro atoms. The summed E-state index contributed by atoms with van der Waals surface area (Å²) in [5, 5.41) is 6.40. The van der Waals surface area contributed by atoms with Crippen molar-refractivity contribution in [2.24, 2.45) is 5.10 Å². The zero-order valence-electron chi connectivity index (χ0n) is 16.7. The summed E-state index contributed by atoms with van der Waals surface area (Å²) in [6.07, 6.45) is 3.71. The second kappa shape index (κ2) is 10.9. The monoisotopic (exact) mass is 380 g/mol. The zero-order valence-corrected chi connectivity index (χ0v) is 16.7. The number of carbonyl (C=O) groups is 2. The van der Waals surface area contributed by atoms with Crippen molar-refractivity contribution in [3.05, 3.63) is 59.7 Å². The molecule has 2 aromatic rings. The minimum atomic E-state index is -0.814. The first-order valence-electron chi connectivity index (χ1n) is 9.59. The summed E-state index contributed by atoms with van der Waals surface area (Å²) < 4.78 is 0. The fraction of sp³-hybridized carbons (Fsp3) is 0.318. The number of amides is 2. The fourth-order valence-corrected chi connectivity index (χ4v) is 2.72. The van der Waals surface area contributed by atoms with Crippen molar-refractivity contribution < 1.29 is 9.59 Å². The Morgan fingerprint density at radius 3 is 2.11 bits per heavy atom. The van der Waals surface area contributed by atoms with Gasteiger partial charge >= 0.3 is 11.8 Å². The lowest BCUT2D eigenvalue weighted by atomic mass is 10.2. The van der Waals surface area contributed by atoms with Gasteiger partial charge in [-0.2, -0.15) is 5.10 Å². The van der Waals surface area contributed by atoms with E-state index in [4.69, 9.17) is 0 Å². The lowest BCUT2D eigenvalue weighted by molar-refractivity contribution is -0.136. The summed E-state index contributed by atoms with van der Waals surface area (Å²) in [4.78, 5) is 26.1. The Balaban J connectivity index is 1.88. The number of hydrogen-bond acceptors (Lipinski definition) is 4. The van der Waals surface area contributed by atoms with Gasteiger partial charge in [0, 0.05) is 24.5 Å². The van der Waals surface area contributed by atoms with Crippen LogP contribution in [-0.4, -0.2) is 31.1 Å². The number of nitrogens with one attached hydrogen (secondary N) is 2. The van der Waals surface area contributed by atoms with Gasteiger partial charge in [0.05, 0.1) is 6.21 Å². The minimum absolute atomic E-state index is 0.564. The Morgan fingerprint density at radius 2 is 1.54 bits per heavy atom. The van der Waals surface area contributed by atoms with E-state index in [2.05, 4.69) is 34.6 Å². The smallest absolute Gasteiger partial charge is 0.329 e. The van der Waals surface area contributed by atoms with E-state index in [1.807, 2.05) is 43.3 Å². The van der Waals surface area contributed by atoms with Gasteiger partial charge in [-0.25, -0.2) is 5.43 Å². The SMILES string of the molecule is CCCN(CCC)c1ccc(/C=N\NC(=O)C(=O)Nc2ccc(C)cc2)cc1. The van der Waals surface area contributed by atoms with Gasteiger partial charge in [0.25, 0.3) is 0 Å². The molecule has 28 heavy (non-hydrogen) atoms. The number of benzene rings is 2. The molecule has 6 nitrogen and oxygen atoms in total.